The number of carbonyl (C=O) groups is 2. The van der Waals surface area contributed by atoms with E-state index in [1.807, 2.05) is 6.92 Å². The fourth-order valence-electron chi connectivity index (χ4n) is 2.68. The Morgan fingerprint density at radius 3 is 2.78 bits per heavy atom. The molecule has 1 aromatic carbocycles. The number of carboxylic acid groups (broad SMARTS) is 1. The minimum absolute atomic E-state index is 0.298. The van der Waals surface area contributed by atoms with Crippen LogP contribution in [0.3, 0.4) is 0 Å². The largest absolute Gasteiger partial charge is 0.465 e. The Kier molecular flexibility index (Phi) is 4.36. The Morgan fingerprint density at radius 2 is 2.04 bits per heavy atom. The maximum absolute atomic E-state index is 12.8. The Morgan fingerprint density at radius 1 is 1.22 bits per heavy atom. The van der Waals surface area contributed by atoms with E-state index in [9.17, 15) is 9.59 Å². The summed E-state index contributed by atoms with van der Waals surface area (Å²) < 4.78 is 0.854. The first-order valence-corrected chi connectivity index (χ1v) is 9.30. The molecule has 27 heavy (non-hydrogen) atoms. The molecule has 4 rings (SSSR count). The Bertz CT molecular complexity index is 1040. The van der Waals surface area contributed by atoms with Crippen LogP contribution in [0.25, 0.3) is 10.2 Å². The molecule has 9 heteroatoms. The van der Waals surface area contributed by atoms with Gasteiger partial charge in [0.05, 0.1) is 15.8 Å². The van der Waals surface area contributed by atoms with Crippen LogP contribution in [0.5, 0.6) is 0 Å². The number of thiophene rings is 1. The highest BCUT2D eigenvalue weighted by atomic mass is 32.1. The highest BCUT2D eigenvalue weighted by molar-refractivity contribution is 7.18. The van der Waals surface area contributed by atoms with E-state index >= 15 is 0 Å². The summed E-state index contributed by atoms with van der Waals surface area (Å²) in [5.41, 5.74) is 2.82. The molecular weight excluding hydrogens is 366 g/mol. The quantitative estimate of drug-likeness (QED) is 0.531. The summed E-state index contributed by atoms with van der Waals surface area (Å²) in [6.07, 6.45) is 2.56. The number of amides is 2. The number of nitrogens with one attached hydrogen (secondary N) is 3. The van der Waals surface area contributed by atoms with Crippen molar-refractivity contribution in [3.8, 4) is 0 Å². The third kappa shape index (κ3) is 3.68. The highest BCUT2D eigenvalue weighted by Crippen LogP contribution is 2.33. The van der Waals surface area contributed by atoms with Gasteiger partial charge in [0.15, 0.2) is 0 Å². The molecule has 0 spiro atoms. The van der Waals surface area contributed by atoms with Gasteiger partial charge in [0, 0.05) is 22.8 Å². The maximum atomic E-state index is 12.8. The summed E-state index contributed by atoms with van der Waals surface area (Å²) in [6.45, 7) is 1.84. The van der Waals surface area contributed by atoms with Crippen molar-refractivity contribution in [3.05, 3.63) is 41.0 Å². The predicted molar refractivity (Wildman–Crippen MR) is 105 cm³/mol. The van der Waals surface area contributed by atoms with Crippen molar-refractivity contribution < 1.29 is 14.7 Å². The van der Waals surface area contributed by atoms with E-state index in [-0.39, 0.29) is 5.91 Å². The van der Waals surface area contributed by atoms with Crippen LogP contribution < -0.4 is 16.0 Å². The van der Waals surface area contributed by atoms with Crippen molar-refractivity contribution >= 4 is 50.7 Å². The van der Waals surface area contributed by atoms with Crippen molar-refractivity contribution in [1.82, 2.24) is 9.97 Å². The molecule has 0 atom stereocenters. The van der Waals surface area contributed by atoms with E-state index in [1.54, 1.807) is 23.6 Å². The lowest BCUT2D eigenvalue weighted by molar-refractivity contribution is 0.102. The molecular formula is C18H17N5O3S. The lowest BCUT2D eigenvalue weighted by atomic mass is 10.1. The average molecular weight is 383 g/mol. The molecule has 1 saturated carbocycles. The molecule has 1 aliphatic carbocycles. The first-order chi connectivity index (χ1) is 13.0. The van der Waals surface area contributed by atoms with Gasteiger partial charge in [0.25, 0.3) is 5.91 Å². The fraction of sp³-hybridized carbons (Fsp3) is 0.222. The molecule has 3 aromatic rings. The van der Waals surface area contributed by atoms with E-state index in [4.69, 9.17) is 5.11 Å². The SMILES string of the molecule is Cc1ccc(NC(=O)O)cc1NC(=O)c1csc2c(NC3CC3)ncnc12. The number of aryl methyl sites for hydroxylation is 1. The molecule has 8 nitrogen and oxygen atoms in total. The van der Waals surface area contributed by atoms with Crippen LogP contribution in [-0.2, 0) is 0 Å². The third-order valence-corrected chi connectivity index (χ3v) is 5.23. The van der Waals surface area contributed by atoms with Gasteiger partial charge in [0.2, 0.25) is 0 Å². The number of aromatic nitrogens is 2. The molecule has 0 bridgehead atoms. The fourth-order valence-corrected chi connectivity index (χ4v) is 3.64. The van der Waals surface area contributed by atoms with Gasteiger partial charge < -0.3 is 15.7 Å². The van der Waals surface area contributed by atoms with E-state index in [1.165, 1.54) is 17.7 Å². The lowest BCUT2D eigenvalue weighted by Crippen LogP contribution is -2.14. The summed E-state index contributed by atoms with van der Waals surface area (Å²) in [5.74, 6) is 0.461. The van der Waals surface area contributed by atoms with Crippen molar-refractivity contribution in [2.75, 3.05) is 16.0 Å². The van der Waals surface area contributed by atoms with Crippen molar-refractivity contribution in [3.63, 3.8) is 0 Å². The monoisotopic (exact) mass is 383 g/mol. The van der Waals surface area contributed by atoms with Crippen LogP contribution in [0.15, 0.2) is 29.9 Å². The molecule has 0 unspecified atom stereocenters. The first kappa shape index (κ1) is 17.2. The summed E-state index contributed by atoms with van der Waals surface area (Å²) in [5, 5.41) is 19.1. The molecule has 0 saturated heterocycles. The number of carbonyl (C=O) groups excluding carboxylic acids is 1. The third-order valence-electron chi connectivity index (χ3n) is 4.25. The molecule has 138 valence electrons. The summed E-state index contributed by atoms with van der Waals surface area (Å²) in [6, 6.07) is 5.43. The van der Waals surface area contributed by atoms with Gasteiger partial charge in [-0.15, -0.1) is 11.3 Å². The van der Waals surface area contributed by atoms with Crippen LogP contribution in [-0.4, -0.2) is 33.1 Å². The smallest absolute Gasteiger partial charge is 0.409 e. The topological polar surface area (TPSA) is 116 Å². The standard InChI is InChI=1S/C18H17N5O3S/c1-9-2-3-11(22-18(25)26)6-13(9)23-17(24)12-7-27-15-14(12)19-8-20-16(15)21-10-4-5-10/h2-3,6-8,10,22H,4-5H2,1H3,(H,23,24)(H,25,26)(H,19,20,21). The highest BCUT2D eigenvalue weighted by Gasteiger charge is 2.24. The van der Waals surface area contributed by atoms with E-state index in [0.717, 1.165) is 28.9 Å². The minimum Gasteiger partial charge on any atom is -0.465 e. The van der Waals surface area contributed by atoms with Gasteiger partial charge >= 0.3 is 6.09 Å². The predicted octanol–water partition coefficient (Wildman–Crippen LogP) is 3.92. The van der Waals surface area contributed by atoms with E-state index in [2.05, 4.69) is 25.9 Å². The Balaban J connectivity index is 1.61. The second-order valence-electron chi connectivity index (χ2n) is 6.38. The molecule has 1 fully saturated rings. The molecule has 2 heterocycles. The van der Waals surface area contributed by atoms with Gasteiger partial charge in [0.1, 0.15) is 12.1 Å². The molecule has 4 N–H and O–H groups in total. The summed E-state index contributed by atoms with van der Waals surface area (Å²) in [4.78, 5) is 32.2. The van der Waals surface area contributed by atoms with Gasteiger partial charge in [-0.25, -0.2) is 14.8 Å². The van der Waals surface area contributed by atoms with Crippen molar-refractivity contribution in [1.29, 1.82) is 0 Å². The molecule has 2 aromatic heterocycles. The summed E-state index contributed by atoms with van der Waals surface area (Å²) in [7, 11) is 0. The number of benzene rings is 1. The van der Waals surface area contributed by atoms with Crippen LogP contribution >= 0.6 is 11.3 Å². The van der Waals surface area contributed by atoms with Crippen molar-refractivity contribution in [2.45, 2.75) is 25.8 Å². The molecule has 0 aliphatic heterocycles. The van der Waals surface area contributed by atoms with Gasteiger partial charge in [-0.2, -0.15) is 0 Å². The Hall–Kier alpha value is -3.20. The molecule has 2 amide bonds. The van der Waals surface area contributed by atoms with Crippen molar-refractivity contribution in [2.24, 2.45) is 0 Å². The first-order valence-electron chi connectivity index (χ1n) is 8.42. The van der Waals surface area contributed by atoms with Gasteiger partial charge in [-0.3, -0.25) is 10.1 Å². The van der Waals surface area contributed by atoms with E-state index < -0.39 is 6.09 Å². The van der Waals surface area contributed by atoms with Crippen LogP contribution in [0.1, 0.15) is 28.8 Å². The number of hydrogen-bond donors (Lipinski definition) is 4. The zero-order valence-corrected chi connectivity index (χ0v) is 15.3. The maximum Gasteiger partial charge on any atom is 0.409 e. The van der Waals surface area contributed by atoms with E-state index in [0.29, 0.717) is 28.5 Å². The molecule has 0 radical (unpaired) electrons. The minimum atomic E-state index is -1.16. The number of rotatable bonds is 5. The number of nitrogens with zero attached hydrogens (tertiary/aromatic N) is 2. The van der Waals surface area contributed by atoms with Gasteiger partial charge in [-0.05, 0) is 37.5 Å². The zero-order valence-electron chi connectivity index (χ0n) is 14.4. The lowest BCUT2D eigenvalue weighted by Gasteiger charge is -2.10. The molecule has 1 aliphatic rings. The second-order valence-corrected chi connectivity index (χ2v) is 7.26. The second kappa shape index (κ2) is 6.84. The number of hydrogen-bond acceptors (Lipinski definition) is 6. The van der Waals surface area contributed by atoms with Crippen LogP contribution in [0.2, 0.25) is 0 Å². The number of fused-ring (bicyclic) bond motifs is 1. The average Bonchev–Trinajstić information content (AvgIpc) is 3.32. The summed E-state index contributed by atoms with van der Waals surface area (Å²) >= 11 is 1.43. The normalized spacial score (nSPS) is 13.4. The van der Waals surface area contributed by atoms with Crippen LogP contribution in [0, 0.1) is 6.92 Å². The van der Waals surface area contributed by atoms with Crippen LogP contribution in [0.4, 0.5) is 22.0 Å². The van der Waals surface area contributed by atoms with Gasteiger partial charge in [-0.1, -0.05) is 6.07 Å². The number of anilines is 3. The Labute approximate surface area is 158 Å². The zero-order chi connectivity index (χ0) is 19.0.